The number of hydrogen-bond donors (Lipinski definition) is 1. The van der Waals surface area contributed by atoms with Crippen LogP contribution in [0, 0.1) is 0 Å². The van der Waals surface area contributed by atoms with Crippen LogP contribution in [0.4, 0.5) is 13.2 Å². The van der Waals surface area contributed by atoms with Crippen LogP contribution in [0.25, 0.3) is 10.9 Å². The van der Waals surface area contributed by atoms with Gasteiger partial charge in [0.05, 0.1) is 22.5 Å². The first-order valence-electron chi connectivity index (χ1n) is 8.22. The zero-order valence-corrected chi connectivity index (χ0v) is 15.5. The van der Waals surface area contributed by atoms with E-state index in [2.05, 4.69) is 9.72 Å². The van der Waals surface area contributed by atoms with Crippen LogP contribution < -0.4 is 0 Å². The number of esters is 1. The van der Waals surface area contributed by atoms with E-state index in [0.717, 1.165) is 29.8 Å². The number of nitrogens with one attached hydrogen (secondary N) is 1. The molecule has 0 amide bonds. The van der Waals surface area contributed by atoms with Gasteiger partial charge < -0.3 is 9.72 Å². The fourth-order valence-corrected chi connectivity index (χ4v) is 4.12. The van der Waals surface area contributed by atoms with Gasteiger partial charge >= 0.3 is 12.1 Å². The number of carbonyl (C=O) groups excluding carboxylic acids is 1. The third-order valence-corrected chi connectivity index (χ3v) is 6.13. The van der Waals surface area contributed by atoms with E-state index in [4.69, 9.17) is 0 Å². The molecule has 5 nitrogen and oxygen atoms in total. The van der Waals surface area contributed by atoms with Crippen molar-refractivity contribution in [3.8, 4) is 0 Å². The number of benzene rings is 2. The van der Waals surface area contributed by atoms with Gasteiger partial charge in [-0.2, -0.15) is 13.2 Å². The Labute approximate surface area is 159 Å². The van der Waals surface area contributed by atoms with Gasteiger partial charge in [0, 0.05) is 23.5 Å². The van der Waals surface area contributed by atoms with Crippen molar-refractivity contribution < 1.29 is 31.1 Å². The van der Waals surface area contributed by atoms with Gasteiger partial charge in [-0.3, -0.25) is 4.79 Å². The minimum absolute atomic E-state index is 0.0429. The second-order valence-electron chi connectivity index (χ2n) is 6.12. The fraction of sp³-hybridized carbons (Fsp3) is 0.211. The fourth-order valence-electron chi connectivity index (χ4n) is 2.83. The van der Waals surface area contributed by atoms with Crippen molar-refractivity contribution in [3.63, 3.8) is 0 Å². The number of rotatable bonds is 5. The summed E-state index contributed by atoms with van der Waals surface area (Å²) in [6.07, 6.45) is -2.36. The highest BCUT2D eigenvalue weighted by atomic mass is 32.2. The number of carbonyl (C=O) groups is 1. The molecule has 0 aliphatic carbocycles. The number of halogens is 3. The van der Waals surface area contributed by atoms with Crippen LogP contribution in [0.15, 0.2) is 58.5 Å². The number of aryl methyl sites for hydroxylation is 1. The molecule has 0 saturated heterocycles. The molecule has 28 heavy (non-hydrogen) atoms. The Bertz CT molecular complexity index is 1120. The van der Waals surface area contributed by atoms with E-state index in [-0.39, 0.29) is 22.2 Å². The van der Waals surface area contributed by atoms with Gasteiger partial charge in [0.1, 0.15) is 0 Å². The molecule has 0 saturated carbocycles. The van der Waals surface area contributed by atoms with E-state index in [1.807, 2.05) is 0 Å². The third-order valence-electron chi connectivity index (χ3n) is 4.37. The van der Waals surface area contributed by atoms with Crippen LogP contribution in [0.1, 0.15) is 17.5 Å². The maximum absolute atomic E-state index is 12.8. The van der Waals surface area contributed by atoms with Crippen LogP contribution in [-0.2, 0) is 32.0 Å². The highest BCUT2D eigenvalue weighted by Crippen LogP contribution is 2.32. The Hall–Kier alpha value is -2.81. The summed E-state index contributed by atoms with van der Waals surface area (Å²) in [6.45, 7) is 0. The van der Waals surface area contributed by atoms with Gasteiger partial charge in [0.15, 0.2) is 0 Å². The first-order valence-corrected chi connectivity index (χ1v) is 9.70. The minimum atomic E-state index is -4.54. The zero-order chi connectivity index (χ0) is 20.5. The maximum Gasteiger partial charge on any atom is 0.416 e. The Kier molecular flexibility index (Phi) is 5.20. The maximum atomic E-state index is 12.8. The number of H-pyrrole nitrogens is 1. The summed E-state index contributed by atoms with van der Waals surface area (Å²) in [6, 6.07) is 7.78. The number of aromatic amines is 1. The molecule has 0 fully saturated rings. The molecule has 0 aliphatic heterocycles. The molecule has 1 N–H and O–H groups in total. The second kappa shape index (κ2) is 7.31. The summed E-state index contributed by atoms with van der Waals surface area (Å²) in [5.74, 6) is -0.386. The van der Waals surface area contributed by atoms with Gasteiger partial charge in [0.2, 0.25) is 9.84 Å². The molecule has 0 bridgehead atoms. The predicted molar refractivity (Wildman–Crippen MR) is 95.5 cm³/mol. The van der Waals surface area contributed by atoms with Gasteiger partial charge in [-0.05, 0) is 54.4 Å². The second-order valence-corrected chi connectivity index (χ2v) is 8.07. The van der Waals surface area contributed by atoms with Crippen LogP contribution in [0.3, 0.4) is 0 Å². The topological polar surface area (TPSA) is 76.2 Å². The van der Waals surface area contributed by atoms with Crippen LogP contribution in [0.2, 0.25) is 0 Å². The summed E-state index contributed by atoms with van der Waals surface area (Å²) in [4.78, 5) is 14.1. The number of alkyl halides is 3. The van der Waals surface area contributed by atoms with Crippen LogP contribution in [-0.4, -0.2) is 26.5 Å². The Morgan fingerprint density at radius 3 is 2.32 bits per heavy atom. The number of fused-ring (bicyclic) bond motifs is 1. The smallest absolute Gasteiger partial charge is 0.416 e. The van der Waals surface area contributed by atoms with Crippen molar-refractivity contribution in [2.45, 2.75) is 28.8 Å². The first kappa shape index (κ1) is 19.9. The number of aromatic nitrogens is 1. The molecule has 0 aliphatic rings. The number of ether oxygens (including phenoxy) is 1. The summed E-state index contributed by atoms with van der Waals surface area (Å²) in [5.41, 5.74) is 0.508. The third kappa shape index (κ3) is 3.89. The van der Waals surface area contributed by atoms with E-state index in [9.17, 15) is 26.4 Å². The zero-order valence-electron chi connectivity index (χ0n) is 14.7. The van der Waals surface area contributed by atoms with Crippen LogP contribution >= 0.6 is 0 Å². The monoisotopic (exact) mass is 411 g/mol. The standard InChI is InChI=1S/C19H16F3NO4S/c1-27-18(24)9-2-12-11-23-17-8-7-15(10-16(12)17)28(25,26)14-5-3-13(4-6-14)19(20,21)22/h3-8,10-11,23H,2,9H2,1H3. The lowest BCUT2D eigenvalue weighted by Crippen LogP contribution is -2.06. The average molecular weight is 411 g/mol. The van der Waals surface area contributed by atoms with E-state index in [0.29, 0.717) is 17.3 Å². The molecule has 148 valence electrons. The van der Waals surface area contributed by atoms with Crippen molar-refractivity contribution in [2.24, 2.45) is 0 Å². The molecule has 0 spiro atoms. The molecule has 1 aromatic heterocycles. The van der Waals surface area contributed by atoms with Gasteiger partial charge in [-0.25, -0.2) is 8.42 Å². The predicted octanol–water partition coefficient (Wildman–Crippen LogP) is 4.13. The van der Waals surface area contributed by atoms with Crippen LogP contribution in [0.5, 0.6) is 0 Å². The summed E-state index contributed by atoms with van der Waals surface area (Å²) >= 11 is 0. The lowest BCUT2D eigenvalue weighted by molar-refractivity contribution is -0.140. The molecular formula is C19H16F3NO4S. The van der Waals surface area contributed by atoms with E-state index >= 15 is 0 Å². The molecule has 9 heteroatoms. The molecule has 0 atom stereocenters. The van der Waals surface area contributed by atoms with Crippen molar-refractivity contribution in [1.29, 1.82) is 0 Å². The van der Waals surface area contributed by atoms with Crippen molar-refractivity contribution in [1.82, 2.24) is 4.98 Å². The molecular weight excluding hydrogens is 395 g/mol. The highest BCUT2D eigenvalue weighted by Gasteiger charge is 2.31. The molecule has 0 radical (unpaired) electrons. The molecule has 3 rings (SSSR count). The number of methoxy groups -OCH3 is 1. The normalized spacial score (nSPS) is 12.3. The summed E-state index contributed by atoms with van der Waals surface area (Å²) in [5, 5.41) is 0.622. The van der Waals surface area contributed by atoms with Crippen molar-refractivity contribution in [3.05, 3.63) is 59.8 Å². The van der Waals surface area contributed by atoms with Gasteiger partial charge in [-0.15, -0.1) is 0 Å². The Morgan fingerprint density at radius 2 is 1.71 bits per heavy atom. The van der Waals surface area contributed by atoms with Gasteiger partial charge in [-0.1, -0.05) is 0 Å². The quantitative estimate of drug-likeness (QED) is 0.641. The first-order chi connectivity index (χ1) is 13.1. The van der Waals surface area contributed by atoms with E-state index < -0.39 is 21.6 Å². The van der Waals surface area contributed by atoms with Gasteiger partial charge in [0.25, 0.3) is 0 Å². The SMILES string of the molecule is COC(=O)CCc1c[nH]c2ccc(S(=O)(=O)c3ccc(C(F)(F)F)cc3)cc12. The lowest BCUT2D eigenvalue weighted by atomic mass is 10.1. The molecule has 3 aromatic rings. The summed E-state index contributed by atoms with van der Waals surface area (Å²) < 4.78 is 68.3. The minimum Gasteiger partial charge on any atom is -0.469 e. The Balaban J connectivity index is 1.96. The highest BCUT2D eigenvalue weighted by molar-refractivity contribution is 7.91. The Morgan fingerprint density at radius 1 is 1.07 bits per heavy atom. The van der Waals surface area contributed by atoms with E-state index in [1.165, 1.54) is 19.2 Å². The van der Waals surface area contributed by atoms with E-state index in [1.54, 1.807) is 12.3 Å². The average Bonchev–Trinajstić information content (AvgIpc) is 3.07. The molecule has 1 heterocycles. The molecule has 2 aromatic carbocycles. The number of sulfone groups is 1. The summed E-state index contributed by atoms with van der Waals surface area (Å²) in [7, 11) is -2.71. The van der Waals surface area contributed by atoms with Crippen molar-refractivity contribution in [2.75, 3.05) is 7.11 Å². The largest absolute Gasteiger partial charge is 0.469 e. The molecule has 0 unspecified atom stereocenters. The lowest BCUT2D eigenvalue weighted by Gasteiger charge is -2.09. The number of hydrogen-bond acceptors (Lipinski definition) is 4. The van der Waals surface area contributed by atoms with Crippen molar-refractivity contribution >= 4 is 26.7 Å².